The van der Waals surface area contributed by atoms with Crippen molar-refractivity contribution in [3.05, 3.63) is 0 Å². The lowest BCUT2D eigenvalue weighted by atomic mass is 9.82. The van der Waals surface area contributed by atoms with E-state index in [2.05, 4.69) is 5.32 Å². The van der Waals surface area contributed by atoms with E-state index in [4.69, 9.17) is 4.74 Å². The Labute approximate surface area is 114 Å². The summed E-state index contributed by atoms with van der Waals surface area (Å²) >= 11 is 0. The van der Waals surface area contributed by atoms with E-state index in [9.17, 15) is 15.0 Å². The molecule has 0 spiro atoms. The van der Waals surface area contributed by atoms with Crippen LogP contribution < -0.4 is 5.32 Å². The van der Waals surface area contributed by atoms with Gasteiger partial charge < -0.3 is 20.3 Å². The Kier molecular flexibility index (Phi) is 4.81. The molecule has 0 heterocycles. The molecule has 2 aliphatic rings. The van der Waals surface area contributed by atoms with Gasteiger partial charge in [0.15, 0.2) is 0 Å². The molecule has 2 saturated carbocycles. The van der Waals surface area contributed by atoms with Crippen molar-refractivity contribution in [1.29, 1.82) is 0 Å². The highest BCUT2D eigenvalue weighted by molar-refractivity contribution is 5.77. The van der Waals surface area contributed by atoms with Crippen molar-refractivity contribution in [2.45, 2.75) is 75.2 Å². The third-order valence-corrected chi connectivity index (χ3v) is 4.48. The van der Waals surface area contributed by atoms with Crippen molar-refractivity contribution >= 4 is 5.91 Å². The fourth-order valence-electron chi connectivity index (χ4n) is 3.30. The Morgan fingerprint density at radius 3 is 2.58 bits per heavy atom. The smallest absolute Gasteiger partial charge is 0.223 e. The highest BCUT2D eigenvalue weighted by atomic mass is 16.5. The summed E-state index contributed by atoms with van der Waals surface area (Å²) in [6, 6.07) is -0.246. The first kappa shape index (κ1) is 14.8. The first-order valence-electron chi connectivity index (χ1n) is 7.27. The zero-order chi connectivity index (χ0) is 13.9. The van der Waals surface area contributed by atoms with Crippen molar-refractivity contribution in [3.8, 4) is 0 Å². The Morgan fingerprint density at radius 2 is 2.00 bits per heavy atom. The first-order valence-corrected chi connectivity index (χ1v) is 7.27. The van der Waals surface area contributed by atoms with Gasteiger partial charge in [-0.3, -0.25) is 4.79 Å². The van der Waals surface area contributed by atoms with Crippen LogP contribution in [0.4, 0.5) is 0 Å². The summed E-state index contributed by atoms with van der Waals surface area (Å²) in [7, 11) is 1.57. The van der Waals surface area contributed by atoms with Gasteiger partial charge in [0.05, 0.1) is 24.2 Å². The van der Waals surface area contributed by atoms with Crippen LogP contribution in [0.15, 0.2) is 0 Å². The molecular weight excluding hydrogens is 246 g/mol. The number of carbonyl (C=O) groups is 1. The lowest BCUT2D eigenvalue weighted by Gasteiger charge is -2.32. The average Bonchev–Trinajstić information content (AvgIpc) is 2.70. The molecule has 3 atom stereocenters. The quantitative estimate of drug-likeness (QED) is 0.704. The van der Waals surface area contributed by atoms with Crippen molar-refractivity contribution < 1.29 is 19.7 Å². The minimum atomic E-state index is -0.841. The second kappa shape index (κ2) is 6.20. The molecule has 0 bridgehead atoms. The molecule has 0 aromatic carbocycles. The van der Waals surface area contributed by atoms with Crippen LogP contribution in [0.25, 0.3) is 0 Å². The maximum Gasteiger partial charge on any atom is 0.223 e. The predicted molar refractivity (Wildman–Crippen MR) is 70.6 cm³/mol. The topological polar surface area (TPSA) is 78.8 Å². The number of hydrogen-bond donors (Lipinski definition) is 3. The second-order valence-electron chi connectivity index (χ2n) is 5.98. The van der Waals surface area contributed by atoms with Gasteiger partial charge in [-0.15, -0.1) is 0 Å². The predicted octanol–water partition coefficient (Wildman–Crippen LogP) is 0.726. The number of ether oxygens (including phenoxy) is 1. The van der Waals surface area contributed by atoms with E-state index in [1.165, 1.54) is 0 Å². The van der Waals surface area contributed by atoms with Crippen molar-refractivity contribution in [1.82, 2.24) is 5.32 Å². The molecule has 2 rings (SSSR count). The van der Waals surface area contributed by atoms with Crippen LogP contribution in [-0.4, -0.2) is 47.1 Å². The standard InChI is InChI=1S/C14H25NO4/c1-19-11-6-5-10(13(11)17)15-12(16)9-14(18)7-3-2-4-8-14/h10-11,13,17-18H,2-9H2,1H3,(H,15,16)/t10-,11-,13-/m1/s1. The highest BCUT2D eigenvalue weighted by Crippen LogP contribution is 2.31. The summed E-state index contributed by atoms with van der Waals surface area (Å²) in [6.07, 6.45) is 5.31. The van der Waals surface area contributed by atoms with Crippen LogP contribution in [0.3, 0.4) is 0 Å². The molecular formula is C14H25NO4. The van der Waals surface area contributed by atoms with Crippen molar-refractivity contribution in [2.24, 2.45) is 0 Å². The number of amides is 1. The minimum absolute atomic E-state index is 0.147. The fraction of sp³-hybridized carbons (Fsp3) is 0.929. The van der Waals surface area contributed by atoms with Crippen LogP contribution in [0.1, 0.15) is 51.4 Å². The Morgan fingerprint density at radius 1 is 1.32 bits per heavy atom. The molecule has 3 N–H and O–H groups in total. The number of aliphatic hydroxyl groups excluding tert-OH is 1. The van der Waals surface area contributed by atoms with E-state index in [1.54, 1.807) is 7.11 Å². The summed E-state index contributed by atoms with van der Waals surface area (Å²) in [4.78, 5) is 12.0. The van der Waals surface area contributed by atoms with Crippen LogP contribution in [0.2, 0.25) is 0 Å². The maximum absolute atomic E-state index is 12.0. The highest BCUT2D eigenvalue weighted by Gasteiger charge is 2.37. The number of rotatable bonds is 4. The van der Waals surface area contributed by atoms with Crippen molar-refractivity contribution in [3.63, 3.8) is 0 Å². The molecule has 5 nitrogen and oxygen atoms in total. The molecule has 1 amide bonds. The molecule has 2 fully saturated rings. The van der Waals surface area contributed by atoms with E-state index >= 15 is 0 Å². The van der Waals surface area contributed by atoms with Gasteiger partial charge in [0.1, 0.15) is 6.10 Å². The monoisotopic (exact) mass is 271 g/mol. The van der Waals surface area contributed by atoms with Gasteiger partial charge in [-0.05, 0) is 25.7 Å². The molecule has 110 valence electrons. The SMILES string of the molecule is CO[C@@H]1CC[C@@H](NC(=O)CC2(O)CCCCC2)[C@H]1O. The van der Waals surface area contributed by atoms with Gasteiger partial charge >= 0.3 is 0 Å². The number of methoxy groups -OCH3 is 1. The summed E-state index contributed by atoms with van der Waals surface area (Å²) in [6.45, 7) is 0. The molecule has 0 aromatic rings. The molecule has 19 heavy (non-hydrogen) atoms. The number of carbonyl (C=O) groups excluding carboxylic acids is 1. The molecule has 0 unspecified atom stereocenters. The van der Waals surface area contributed by atoms with E-state index in [1.807, 2.05) is 0 Å². The van der Waals surface area contributed by atoms with E-state index in [0.717, 1.165) is 32.1 Å². The van der Waals surface area contributed by atoms with Crippen LogP contribution in [0.5, 0.6) is 0 Å². The maximum atomic E-state index is 12.0. The number of aliphatic hydroxyl groups is 2. The van der Waals surface area contributed by atoms with Crippen molar-refractivity contribution in [2.75, 3.05) is 7.11 Å². The first-order chi connectivity index (χ1) is 9.04. The van der Waals surface area contributed by atoms with Crippen LogP contribution >= 0.6 is 0 Å². The average molecular weight is 271 g/mol. The fourth-order valence-corrected chi connectivity index (χ4v) is 3.30. The largest absolute Gasteiger partial charge is 0.389 e. The summed E-state index contributed by atoms with van der Waals surface area (Å²) < 4.78 is 5.15. The third kappa shape index (κ3) is 3.68. The lowest BCUT2D eigenvalue weighted by molar-refractivity contribution is -0.129. The molecule has 5 heteroatoms. The summed E-state index contributed by atoms with van der Waals surface area (Å²) in [5, 5.41) is 23.1. The van der Waals surface area contributed by atoms with Gasteiger partial charge in [-0.2, -0.15) is 0 Å². The lowest BCUT2D eigenvalue weighted by Crippen LogP contribution is -2.46. The third-order valence-electron chi connectivity index (χ3n) is 4.48. The number of nitrogens with one attached hydrogen (secondary N) is 1. The zero-order valence-electron chi connectivity index (χ0n) is 11.6. The van der Waals surface area contributed by atoms with E-state index in [-0.39, 0.29) is 24.5 Å². The van der Waals surface area contributed by atoms with Crippen LogP contribution in [-0.2, 0) is 9.53 Å². The van der Waals surface area contributed by atoms with Crippen LogP contribution in [0, 0.1) is 0 Å². The Balaban J connectivity index is 1.81. The molecule has 0 saturated heterocycles. The minimum Gasteiger partial charge on any atom is -0.389 e. The van der Waals surface area contributed by atoms with Gasteiger partial charge in [-0.1, -0.05) is 19.3 Å². The summed E-state index contributed by atoms with van der Waals surface area (Å²) in [5.74, 6) is -0.162. The summed E-state index contributed by atoms with van der Waals surface area (Å²) in [5.41, 5.74) is -0.841. The Hall–Kier alpha value is -0.650. The molecule has 0 radical (unpaired) electrons. The molecule has 0 aliphatic heterocycles. The van der Waals surface area contributed by atoms with Gasteiger partial charge in [-0.25, -0.2) is 0 Å². The second-order valence-corrected chi connectivity index (χ2v) is 5.98. The normalized spacial score (nSPS) is 34.2. The Bertz CT molecular complexity index is 315. The van der Waals surface area contributed by atoms with E-state index in [0.29, 0.717) is 12.8 Å². The zero-order valence-corrected chi connectivity index (χ0v) is 11.6. The molecule has 2 aliphatic carbocycles. The molecule has 0 aromatic heterocycles. The number of hydrogen-bond acceptors (Lipinski definition) is 4. The van der Waals surface area contributed by atoms with Gasteiger partial charge in [0.25, 0.3) is 0 Å². The van der Waals surface area contributed by atoms with E-state index < -0.39 is 11.7 Å². The van der Waals surface area contributed by atoms with Gasteiger partial charge in [0, 0.05) is 7.11 Å². The van der Waals surface area contributed by atoms with Gasteiger partial charge in [0.2, 0.25) is 5.91 Å².